The van der Waals surface area contributed by atoms with Gasteiger partial charge in [-0.2, -0.15) is 5.10 Å². The maximum atomic E-state index is 13.6. The summed E-state index contributed by atoms with van der Waals surface area (Å²) in [4.78, 5) is 27.8. The van der Waals surface area contributed by atoms with E-state index in [2.05, 4.69) is 4.90 Å². The van der Waals surface area contributed by atoms with Crippen LogP contribution in [0.1, 0.15) is 43.4 Å². The predicted octanol–water partition coefficient (Wildman–Crippen LogP) is 3.67. The molecule has 1 fully saturated rings. The quantitative estimate of drug-likeness (QED) is 0.477. The summed E-state index contributed by atoms with van der Waals surface area (Å²) in [5.74, 6) is 1.69. The number of ether oxygens (including phenoxy) is 4. The fourth-order valence-electron chi connectivity index (χ4n) is 4.90. The van der Waals surface area contributed by atoms with Crippen molar-refractivity contribution >= 4 is 17.6 Å². The van der Waals surface area contributed by atoms with Crippen LogP contribution in [0.4, 0.5) is 0 Å². The molecule has 0 N–H and O–H groups in total. The molecule has 9 heteroatoms. The molecule has 0 saturated carbocycles. The molecule has 2 aliphatic heterocycles. The molecule has 4 rings (SSSR count). The van der Waals surface area contributed by atoms with Crippen LogP contribution >= 0.6 is 0 Å². The molecule has 1 unspecified atom stereocenters. The minimum atomic E-state index is -0.327. The van der Waals surface area contributed by atoms with E-state index in [1.54, 1.807) is 26.3 Å². The second-order valence-electron chi connectivity index (χ2n) is 9.15. The number of likely N-dealkylation sites (tertiary alicyclic amines) is 1. The Morgan fingerprint density at radius 1 is 0.973 bits per heavy atom. The van der Waals surface area contributed by atoms with E-state index >= 15 is 0 Å². The molecule has 0 radical (unpaired) electrons. The molecule has 2 aliphatic rings. The zero-order valence-corrected chi connectivity index (χ0v) is 21.9. The maximum Gasteiger partial charge on any atom is 0.309 e. The number of hydrazone groups is 1. The molecule has 2 heterocycles. The fraction of sp³-hybridized carbons (Fsp3) is 0.464. The lowest BCUT2D eigenvalue weighted by Crippen LogP contribution is -2.43. The van der Waals surface area contributed by atoms with Gasteiger partial charge in [0.2, 0.25) is 0 Å². The number of piperidine rings is 1. The summed E-state index contributed by atoms with van der Waals surface area (Å²) in [5.41, 5.74) is 2.57. The summed E-state index contributed by atoms with van der Waals surface area (Å²) < 4.78 is 21.6. The van der Waals surface area contributed by atoms with Gasteiger partial charge in [0.1, 0.15) is 17.2 Å². The van der Waals surface area contributed by atoms with Crippen LogP contribution < -0.4 is 14.2 Å². The van der Waals surface area contributed by atoms with Crippen molar-refractivity contribution in [2.24, 2.45) is 11.0 Å². The fourth-order valence-corrected chi connectivity index (χ4v) is 4.90. The van der Waals surface area contributed by atoms with Crippen molar-refractivity contribution in [3.05, 3.63) is 53.6 Å². The van der Waals surface area contributed by atoms with Crippen molar-refractivity contribution in [3.63, 3.8) is 0 Å². The van der Waals surface area contributed by atoms with E-state index in [4.69, 9.17) is 24.0 Å². The number of benzene rings is 2. The molecule has 1 saturated heterocycles. The van der Waals surface area contributed by atoms with Crippen LogP contribution in [-0.4, -0.2) is 75.1 Å². The van der Waals surface area contributed by atoms with E-state index in [1.807, 2.05) is 49.4 Å². The molecule has 1 amide bonds. The first kappa shape index (κ1) is 26.5. The molecule has 37 heavy (non-hydrogen) atoms. The molecule has 2 aromatic carbocycles. The number of esters is 1. The van der Waals surface area contributed by atoms with Crippen molar-refractivity contribution in [1.29, 1.82) is 0 Å². The van der Waals surface area contributed by atoms with Gasteiger partial charge >= 0.3 is 5.97 Å². The zero-order chi connectivity index (χ0) is 26.4. The van der Waals surface area contributed by atoms with Crippen molar-refractivity contribution in [1.82, 2.24) is 9.91 Å². The number of nitrogens with zero attached hydrogens (tertiary/aromatic N) is 3. The van der Waals surface area contributed by atoms with Crippen LogP contribution in [0.25, 0.3) is 0 Å². The van der Waals surface area contributed by atoms with E-state index < -0.39 is 0 Å². The Balaban J connectivity index is 1.56. The standard InChI is InChI=1S/C28H35N3O6/c1-5-37-28(33)19-11-13-30(14-12-19)18-27(32)31-25(23-10-9-22(35-3)16-26(23)36-4)17-24(29-31)20-7-6-8-21(15-20)34-2/h6-10,15-16,19,25H,5,11-14,17-18H2,1-4H3. The molecule has 0 aliphatic carbocycles. The number of amides is 1. The average molecular weight is 510 g/mol. The molecule has 2 aromatic rings. The summed E-state index contributed by atoms with van der Waals surface area (Å²) in [7, 11) is 4.84. The lowest BCUT2D eigenvalue weighted by molar-refractivity contribution is -0.149. The molecule has 198 valence electrons. The average Bonchev–Trinajstić information content (AvgIpc) is 3.39. The molecule has 1 atom stereocenters. The number of rotatable bonds is 9. The SMILES string of the molecule is CCOC(=O)C1CCN(CC(=O)N2N=C(c3cccc(OC)c3)CC2c2ccc(OC)cc2OC)CC1. The minimum absolute atomic E-state index is 0.102. The first-order chi connectivity index (χ1) is 18.0. The highest BCUT2D eigenvalue weighted by molar-refractivity contribution is 6.03. The molecule has 0 aromatic heterocycles. The Kier molecular flexibility index (Phi) is 8.66. The summed E-state index contributed by atoms with van der Waals surface area (Å²) in [6.45, 7) is 3.74. The van der Waals surface area contributed by atoms with Gasteiger partial charge in [0, 0.05) is 23.6 Å². The third kappa shape index (κ3) is 6.05. The molecular weight excluding hydrogens is 474 g/mol. The molecule has 0 bridgehead atoms. The molecule has 0 spiro atoms. The third-order valence-electron chi connectivity index (χ3n) is 6.93. The second-order valence-corrected chi connectivity index (χ2v) is 9.15. The largest absolute Gasteiger partial charge is 0.497 e. The van der Waals surface area contributed by atoms with E-state index in [0.717, 1.165) is 22.6 Å². The van der Waals surface area contributed by atoms with E-state index in [0.29, 0.717) is 50.5 Å². The number of methoxy groups -OCH3 is 3. The van der Waals surface area contributed by atoms with Crippen LogP contribution in [-0.2, 0) is 14.3 Å². The van der Waals surface area contributed by atoms with Crippen molar-refractivity contribution in [2.45, 2.75) is 32.2 Å². The van der Waals surface area contributed by atoms with E-state index in [1.165, 1.54) is 0 Å². The first-order valence-electron chi connectivity index (χ1n) is 12.6. The predicted molar refractivity (Wildman–Crippen MR) is 139 cm³/mol. The lowest BCUT2D eigenvalue weighted by Gasteiger charge is -2.32. The van der Waals surface area contributed by atoms with E-state index in [9.17, 15) is 9.59 Å². The Morgan fingerprint density at radius 3 is 2.38 bits per heavy atom. The smallest absolute Gasteiger partial charge is 0.309 e. The Hall–Kier alpha value is -3.59. The Bertz CT molecular complexity index is 1140. The van der Waals surface area contributed by atoms with Crippen LogP contribution in [0.3, 0.4) is 0 Å². The molecular formula is C28H35N3O6. The number of hydrogen-bond donors (Lipinski definition) is 0. The first-order valence-corrected chi connectivity index (χ1v) is 12.6. The van der Waals surface area contributed by atoms with Crippen molar-refractivity contribution < 1.29 is 28.5 Å². The minimum Gasteiger partial charge on any atom is -0.497 e. The van der Waals surface area contributed by atoms with E-state index in [-0.39, 0.29) is 30.4 Å². The van der Waals surface area contributed by atoms with Gasteiger partial charge in [0.05, 0.1) is 52.2 Å². The third-order valence-corrected chi connectivity index (χ3v) is 6.93. The lowest BCUT2D eigenvalue weighted by atomic mass is 9.96. The monoisotopic (exact) mass is 509 g/mol. The van der Waals surface area contributed by atoms with Gasteiger partial charge in [-0.25, -0.2) is 5.01 Å². The summed E-state index contributed by atoms with van der Waals surface area (Å²) in [6, 6.07) is 13.0. The number of hydrogen-bond acceptors (Lipinski definition) is 8. The highest BCUT2D eigenvalue weighted by atomic mass is 16.5. The van der Waals surface area contributed by atoms with Gasteiger partial charge < -0.3 is 18.9 Å². The van der Waals surface area contributed by atoms with Gasteiger partial charge in [0.25, 0.3) is 5.91 Å². The summed E-state index contributed by atoms with van der Waals surface area (Å²) in [6.07, 6.45) is 1.90. The summed E-state index contributed by atoms with van der Waals surface area (Å²) >= 11 is 0. The van der Waals surface area contributed by atoms with Crippen LogP contribution in [0.15, 0.2) is 47.6 Å². The van der Waals surface area contributed by atoms with Gasteiger partial charge in [-0.05, 0) is 57.1 Å². The van der Waals surface area contributed by atoms with Gasteiger partial charge in [-0.15, -0.1) is 0 Å². The summed E-state index contributed by atoms with van der Waals surface area (Å²) in [5, 5.41) is 6.38. The highest BCUT2D eigenvalue weighted by Crippen LogP contribution is 2.39. The normalized spacial score (nSPS) is 18.3. The Labute approximate surface area is 217 Å². The highest BCUT2D eigenvalue weighted by Gasteiger charge is 2.36. The van der Waals surface area contributed by atoms with Gasteiger partial charge in [-0.3, -0.25) is 14.5 Å². The maximum absolute atomic E-state index is 13.6. The number of carbonyl (C=O) groups excluding carboxylic acids is 2. The van der Waals surface area contributed by atoms with Crippen molar-refractivity contribution in [2.75, 3.05) is 47.6 Å². The van der Waals surface area contributed by atoms with Crippen molar-refractivity contribution in [3.8, 4) is 17.2 Å². The van der Waals surface area contributed by atoms with Crippen LogP contribution in [0, 0.1) is 5.92 Å². The molecule has 9 nitrogen and oxygen atoms in total. The second kappa shape index (κ2) is 12.1. The number of carbonyl (C=O) groups is 2. The Morgan fingerprint density at radius 2 is 1.70 bits per heavy atom. The van der Waals surface area contributed by atoms with Gasteiger partial charge in [-0.1, -0.05) is 12.1 Å². The van der Waals surface area contributed by atoms with Gasteiger partial charge in [0.15, 0.2) is 0 Å². The topological polar surface area (TPSA) is 89.9 Å². The zero-order valence-electron chi connectivity index (χ0n) is 21.9. The van der Waals surface area contributed by atoms with Crippen LogP contribution in [0.2, 0.25) is 0 Å². The van der Waals surface area contributed by atoms with Crippen LogP contribution in [0.5, 0.6) is 17.2 Å².